The Morgan fingerprint density at radius 3 is 2.16 bits per heavy atom. The van der Waals surface area contributed by atoms with Gasteiger partial charge in [-0.05, 0) is 61.9 Å². The minimum absolute atomic E-state index is 0.100. The number of benzene rings is 2. The lowest BCUT2D eigenvalue weighted by Crippen LogP contribution is -2.47. The number of hydrogen-bond donors (Lipinski definition) is 2. The molecule has 2 aromatic carbocycles. The highest BCUT2D eigenvalue weighted by atomic mass is 16.5. The molecular weight excluding hydrogens is 472 g/mol. The average Bonchev–Trinajstić information content (AvgIpc) is 2.91. The quantitative estimate of drug-likeness (QED) is 0.568. The maximum Gasteiger partial charge on any atom is 0.414 e. The van der Waals surface area contributed by atoms with Crippen LogP contribution >= 0.6 is 0 Å². The van der Waals surface area contributed by atoms with Crippen molar-refractivity contribution in [2.75, 3.05) is 33.3 Å². The van der Waals surface area contributed by atoms with Crippen LogP contribution in [0.3, 0.4) is 0 Å². The molecule has 2 heterocycles. The molecule has 37 heavy (non-hydrogen) atoms. The highest BCUT2D eigenvalue weighted by Gasteiger charge is 2.38. The molecule has 2 aromatic rings. The molecule has 2 aliphatic heterocycles. The van der Waals surface area contributed by atoms with Gasteiger partial charge < -0.3 is 24.7 Å². The van der Waals surface area contributed by atoms with Gasteiger partial charge in [0, 0.05) is 24.6 Å². The lowest BCUT2D eigenvalue weighted by Gasteiger charge is -2.43. The third-order valence-corrected chi connectivity index (χ3v) is 7.22. The number of ether oxygens (including phenoxy) is 1. The molecule has 1 saturated heterocycles. The van der Waals surface area contributed by atoms with Crippen LogP contribution in [0.1, 0.15) is 49.4 Å². The van der Waals surface area contributed by atoms with Gasteiger partial charge in [-0.1, -0.05) is 56.3 Å². The standard InChI is InChI=1S/C27H36N2O2.C2H2O4/c1-20(2)26-25-22(10-7-11-24(25)31-3)15-19-29(26)27(30)23-13-17-28(18-14-23)16-12-21-8-5-4-6-9-21;3-1(4)2(5)6/h4-11,20,23,26H,12-19H2,1-3H3;(H,3,4)(H,5,6). The van der Waals surface area contributed by atoms with Crippen LogP contribution in [0.4, 0.5) is 0 Å². The molecule has 0 aromatic heterocycles. The molecular formula is C29H38N2O6. The number of amides is 1. The van der Waals surface area contributed by atoms with Gasteiger partial charge in [0.1, 0.15) is 5.75 Å². The summed E-state index contributed by atoms with van der Waals surface area (Å²) in [6, 6.07) is 17.1. The van der Waals surface area contributed by atoms with E-state index in [1.54, 1.807) is 7.11 Å². The van der Waals surface area contributed by atoms with E-state index in [1.165, 1.54) is 16.7 Å². The van der Waals surface area contributed by atoms with Crippen molar-refractivity contribution >= 4 is 17.8 Å². The topological polar surface area (TPSA) is 107 Å². The zero-order valence-corrected chi connectivity index (χ0v) is 21.9. The molecule has 0 saturated carbocycles. The zero-order valence-electron chi connectivity index (χ0n) is 21.9. The molecule has 2 N–H and O–H groups in total. The smallest absolute Gasteiger partial charge is 0.414 e. The number of carboxylic acids is 2. The van der Waals surface area contributed by atoms with E-state index < -0.39 is 11.9 Å². The molecule has 1 amide bonds. The van der Waals surface area contributed by atoms with Crippen LogP contribution in [0.15, 0.2) is 48.5 Å². The van der Waals surface area contributed by atoms with Crippen molar-refractivity contribution in [3.05, 3.63) is 65.2 Å². The molecule has 0 spiro atoms. The first kappa shape index (κ1) is 28.2. The second-order valence-corrected chi connectivity index (χ2v) is 9.97. The highest BCUT2D eigenvalue weighted by Crippen LogP contribution is 2.41. The number of rotatable bonds is 6. The van der Waals surface area contributed by atoms with E-state index in [2.05, 4.69) is 66.1 Å². The number of nitrogens with zero attached hydrogens (tertiary/aromatic N) is 2. The Balaban J connectivity index is 0.000000568. The lowest BCUT2D eigenvalue weighted by atomic mass is 9.84. The Bertz CT molecular complexity index is 1040. The molecule has 0 aliphatic carbocycles. The van der Waals surface area contributed by atoms with Crippen molar-refractivity contribution in [1.82, 2.24) is 9.80 Å². The van der Waals surface area contributed by atoms with E-state index in [9.17, 15) is 4.79 Å². The maximum atomic E-state index is 13.6. The van der Waals surface area contributed by atoms with E-state index in [0.717, 1.165) is 57.6 Å². The van der Waals surface area contributed by atoms with Crippen LogP contribution in [0.25, 0.3) is 0 Å². The largest absolute Gasteiger partial charge is 0.496 e. The van der Waals surface area contributed by atoms with Crippen LogP contribution in [-0.4, -0.2) is 71.1 Å². The molecule has 8 nitrogen and oxygen atoms in total. The van der Waals surface area contributed by atoms with E-state index in [4.69, 9.17) is 24.5 Å². The molecule has 0 bridgehead atoms. The maximum absolute atomic E-state index is 13.6. The van der Waals surface area contributed by atoms with Crippen LogP contribution in [0.2, 0.25) is 0 Å². The molecule has 1 atom stereocenters. The number of carbonyl (C=O) groups excluding carboxylic acids is 1. The SMILES string of the molecule is COc1cccc2c1C(C(C)C)N(C(=O)C1CCN(CCc3ccccc3)CC1)CC2.O=C(O)C(=O)O. The number of carboxylic acid groups (broad SMARTS) is 2. The second-order valence-electron chi connectivity index (χ2n) is 9.97. The fourth-order valence-corrected chi connectivity index (χ4v) is 5.37. The van der Waals surface area contributed by atoms with Crippen molar-refractivity contribution in [3.63, 3.8) is 0 Å². The van der Waals surface area contributed by atoms with Crippen molar-refractivity contribution in [1.29, 1.82) is 0 Å². The molecule has 2 aliphatic rings. The van der Waals surface area contributed by atoms with Gasteiger partial charge in [-0.25, -0.2) is 9.59 Å². The summed E-state index contributed by atoms with van der Waals surface area (Å²) >= 11 is 0. The Morgan fingerprint density at radius 1 is 0.946 bits per heavy atom. The average molecular weight is 511 g/mol. The summed E-state index contributed by atoms with van der Waals surface area (Å²) in [5.74, 6) is -1.89. The third kappa shape index (κ3) is 7.32. The van der Waals surface area contributed by atoms with Gasteiger partial charge in [-0.3, -0.25) is 4.79 Å². The predicted molar refractivity (Wildman–Crippen MR) is 141 cm³/mol. The summed E-state index contributed by atoms with van der Waals surface area (Å²) in [4.78, 5) is 36.5. The van der Waals surface area contributed by atoms with Crippen molar-refractivity contribution in [2.24, 2.45) is 11.8 Å². The Kier molecular flexibility index (Phi) is 10.1. The molecule has 200 valence electrons. The fraction of sp³-hybridized carbons (Fsp3) is 0.483. The first-order valence-corrected chi connectivity index (χ1v) is 12.9. The fourth-order valence-electron chi connectivity index (χ4n) is 5.37. The minimum atomic E-state index is -1.82. The minimum Gasteiger partial charge on any atom is -0.496 e. The van der Waals surface area contributed by atoms with Crippen molar-refractivity contribution in [2.45, 2.75) is 45.6 Å². The van der Waals surface area contributed by atoms with Gasteiger partial charge in [-0.15, -0.1) is 0 Å². The van der Waals surface area contributed by atoms with Gasteiger partial charge in [0.2, 0.25) is 5.91 Å². The molecule has 1 unspecified atom stereocenters. The van der Waals surface area contributed by atoms with Gasteiger partial charge in [-0.2, -0.15) is 0 Å². The van der Waals surface area contributed by atoms with Crippen LogP contribution in [0, 0.1) is 11.8 Å². The number of likely N-dealkylation sites (tertiary alicyclic amines) is 1. The summed E-state index contributed by atoms with van der Waals surface area (Å²) in [5, 5.41) is 14.8. The summed E-state index contributed by atoms with van der Waals surface area (Å²) in [6.45, 7) is 8.37. The van der Waals surface area contributed by atoms with E-state index in [-0.39, 0.29) is 12.0 Å². The number of fused-ring (bicyclic) bond motifs is 1. The summed E-state index contributed by atoms with van der Waals surface area (Å²) in [5.41, 5.74) is 3.94. The third-order valence-electron chi connectivity index (χ3n) is 7.22. The number of carbonyl (C=O) groups is 3. The summed E-state index contributed by atoms with van der Waals surface area (Å²) < 4.78 is 5.70. The Hall–Kier alpha value is -3.39. The lowest BCUT2D eigenvalue weighted by molar-refractivity contribution is -0.159. The van der Waals surface area contributed by atoms with E-state index >= 15 is 0 Å². The Labute approximate surface area is 218 Å². The molecule has 4 rings (SSSR count). The number of hydrogen-bond acceptors (Lipinski definition) is 5. The Morgan fingerprint density at radius 2 is 1.59 bits per heavy atom. The van der Waals surface area contributed by atoms with Gasteiger partial charge in [0.15, 0.2) is 0 Å². The monoisotopic (exact) mass is 510 g/mol. The van der Waals surface area contributed by atoms with Crippen molar-refractivity contribution in [3.8, 4) is 5.75 Å². The predicted octanol–water partition coefficient (Wildman–Crippen LogP) is 3.89. The van der Waals surface area contributed by atoms with Crippen molar-refractivity contribution < 1.29 is 29.3 Å². The first-order valence-electron chi connectivity index (χ1n) is 12.9. The number of piperidine rings is 1. The number of methoxy groups -OCH3 is 1. The zero-order chi connectivity index (χ0) is 26.9. The first-order chi connectivity index (χ1) is 17.7. The summed E-state index contributed by atoms with van der Waals surface area (Å²) in [6.07, 6.45) is 3.93. The van der Waals surface area contributed by atoms with Crippen LogP contribution in [0.5, 0.6) is 5.75 Å². The van der Waals surface area contributed by atoms with Gasteiger partial charge in [0.25, 0.3) is 0 Å². The van der Waals surface area contributed by atoms with E-state index in [0.29, 0.717) is 11.8 Å². The normalized spacial score (nSPS) is 17.9. The van der Waals surface area contributed by atoms with Crippen LogP contribution < -0.4 is 4.74 Å². The molecule has 0 radical (unpaired) electrons. The second kappa shape index (κ2) is 13.2. The summed E-state index contributed by atoms with van der Waals surface area (Å²) in [7, 11) is 1.74. The van der Waals surface area contributed by atoms with Gasteiger partial charge >= 0.3 is 11.9 Å². The molecule has 8 heteroatoms. The van der Waals surface area contributed by atoms with Crippen LogP contribution in [-0.2, 0) is 27.2 Å². The highest BCUT2D eigenvalue weighted by molar-refractivity contribution is 6.27. The molecule has 1 fully saturated rings. The van der Waals surface area contributed by atoms with Gasteiger partial charge in [0.05, 0.1) is 13.2 Å². The van der Waals surface area contributed by atoms with E-state index in [1.807, 2.05) is 6.07 Å². The number of aliphatic carboxylic acids is 2.